The van der Waals surface area contributed by atoms with E-state index in [0.29, 0.717) is 48.2 Å². The molecule has 1 aromatic carbocycles. The number of rotatable bonds is 5. The largest absolute Gasteiger partial charge is 0.496 e. The number of fused-ring (bicyclic) bond motifs is 2. The van der Waals surface area contributed by atoms with E-state index in [1.807, 2.05) is 32.0 Å². The van der Waals surface area contributed by atoms with Crippen LogP contribution in [-0.4, -0.2) is 56.4 Å². The summed E-state index contributed by atoms with van der Waals surface area (Å²) in [6.07, 6.45) is 1.97. The summed E-state index contributed by atoms with van der Waals surface area (Å²) in [5, 5.41) is 11.6. The molecule has 10 heteroatoms. The summed E-state index contributed by atoms with van der Waals surface area (Å²) < 4.78 is 13.0. The third kappa shape index (κ3) is 4.75. The summed E-state index contributed by atoms with van der Waals surface area (Å²) >= 11 is 0. The molecular formula is C27H32N6O4. The Morgan fingerprint density at radius 3 is 2.68 bits per heavy atom. The minimum Gasteiger partial charge on any atom is -0.496 e. The number of nitrogens with one attached hydrogen (secondary N) is 1. The molecule has 0 bridgehead atoms. The summed E-state index contributed by atoms with van der Waals surface area (Å²) in [6, 6.07) is 9.11. The van der Waals surface area contributed by atoms with E-state index in [0.717, 1.165) is 29.8 Å². The Labute approximate surface area is 216 Å². The first-order chi connectivity index (χ1) is 17.7. The second-order valence-electron chi connectivity index (χ2n) is 10.4. The number of aryl methyl sites for hydroxylation is 1. The zero-order valence-electron chi connectivity index (χ0n) is 21.9. The van der Waals surface area contributed by atoms with Gasteiger partial charge in [-0.25, -0.2) is 9.78 Å². The maximum atomic E-state index is 13.4. The lowest BCUT2D eigenvalue weighted by Crippen LogP contribution is -2.37. The molecule has 0 aliphatic carbocycles. The second-order valence-corrected chi connectivity index (χ2v) is 10.4. The highest BCUT2D eigenvalue weighted by atomic mass is 16.6. The predicted octanol–water partition coefficient (Wildman–Crippen LogP) is 4.19. The van der Waals surface area contributed by atoms with Crippen LogP contribution in [0.4, 0.5) is 10.6 Å². The van der Waals surface area contributed by atoms with Gasteiger partial charge in [-0.1, -0.05) is 6.07 Å². The Morgan fingerprint density at radius 2 is 1.92 bits per heavy atom. The van der Waals surface area contributed by atoms with E-state index in [4.69, 9.17) is 9.47 Å². The summed E-state index contributed by atoms with van der Waals surface area (Å²) in [5.74, 6) is 2.16. The summed E-state index contributed by atoms with van der Waals surface area (Å²) in [4.78, 5) is 32.1. The molecule has 194 valence electrons. The fourth-order valence-corrected chi connectivity index (χ4v) is 4.99. The molecule has 2 amide bonds. The lowest BCUT2D eigenvalue weighted by atomic mass is 9.96. The maximum Gasteiger partial charge on any atom is 0.410 e. The highest BCUT2D eigenvalue weighted by Crippen LogP contribution is 2.35. The normalized spacial score (nSPS) is 15.8. The van der Waals surface area contributed by atoms with E-state index < -0.39 is 0 Å². The van der Waals surface area contributed by atoms with Crippen LogP contribution in [0.5, 0.6) is 5.75 Å². The number of pyridine rings is 1. The van der Waals surface area contributed by atoms with E-state index >= 15 is 0 Å². The summed E-state index contributed by atoms with van der Waals surface area (Å²) in [7, 11) is 1.54. The van der Waals surface area contributed by atoms with Crippen LogP contribution >= 0.6 is 0 Å². The SMILES string of the molecule is COc1cc2c(cc1C(=O)Nc1cccc(-c3nnc4n3C(C)(C)CC4)n1)CN(C(=O)OC(C)C)CC2. The van der Waals surface area contributed by atoms with Crippen molar-refractivity contribution in [3.63, 3.8) is 0 Å². The van der Waals surface area contributed by atoms with Gasteiger partial charge in [-0.3, -0.25) is 4.79 Å². The quantitative estimate of drug-likeness (QED) is 0.555. The number of amides is 2. The molecule has 4 heterocycles. The Morgan fingerprint density at radius 1 is 1.11 bits per heavy atom. The number of hydrogen-bond donors (Lipinski definition) is 1. The second kappa shape index (κ2) is 9.49. The highest BCUT2D eigenvalue weighted by molar-refractivity contribution is 6.06. The molecule has 2 aromatic heterocycles. The number of benzene rings is 1. The molecule has 0 unspecified atom stereocenters. The van der Waals surface area contributed by atoms with Crippen LogP contribution in [0.3, 0.4) is 0 Å². The van der Waals surface area contributed by atoms with Gasteiger partial charge in [0.1, 0.15) is 23.1 Å². The van der Waals surface area contributed by atoms with Gasteiger partial charge < -0.3 is 24.3 Å². The number of aromatic nitrogens is 4. The Bertz CT molecular complexity index is 1360. The number of ether oxygens (including phenoxy) is 2. The molecule has 0 spiro atoms. The van der Waals surface area contributed by atoms with E-state index in [9.17, 15) is 9.59 Å². The average molecular weight is 505 g/mol. The van der Waals surface area contributed by atoms with E-state index in [1.54, 1.807) is 24.1 Å². The molecule has 0 saturated carbocycles. The van der Waals surface area contributed by atoms with Gasteiger partial charge >= 0.3 is 6.09 Å². The molecule has 1 N–H and O–H groups in total. The smallest absolute Gasteiger partial charge is 0.410 e. The van der Waals surface area contributed by atoms with Crippen LogP contribution < -0.4 is 10.1 Å². The molecule has 10 nitrogen and oxygen atoms in total. The molecule has 37 heavy (non-hydrogen) atoms. The van der Waals surface area contributed by atoms with E-state index in [2.05, 4.69) is 38.9 Å². The van der Waals surface area contributed by atoms with E-state index in [1.165, 1.54) is 0 Å². The highest BCUT2D eigenvalue weighted by Gasteiger charge is 2.34. The van der Waals surface area contributed by atoms with Crippen molar-refractivity contribution < 1.29 is 19.1 Å². The monoisotopic (exact) mass is 504 g/mol. The molecule has 0 fully saturated rings. The molecule has 2 aliphatic rings. The molecule has 5 rings (SSSR count). The van der Waals surface area contributed by atoms with Gasteiger partial charge in [-0.2, -0.15) is 0 Å². The lowest BCUT2D eigenvalue weighted by molar-refractivity contribution is 0.0730. The van der Waals surface area contributed by atoms with Crippen molar-refractivity contribution in [2.45, 2.75) is 65.1 Å². The molecule has 0 saturated heterocycles. The zero-order valence-corrected chi connectivity index (χ0v) is 21.9. The van der Waals surface area contributed by atoms with Crippen molar-refractivity contribution in [1.29, 1.82) is 0 Å². The van der Waals surface area contributed by atoms with Gasteiger partial charge in [0.25, 0.3) is 5.91 Å². The predicted molar refractivity (Wildman–Crippen MR) is 138 cm³/mol. The van der Waals surface area contributed by atoms with Gasteiger partial charge in [0.15, 0.2) is 5.82 Å². The Kier molecular flexibility index (Phi) is 6.35. The van der Waals surface area contributed by atoms with Crippen molar-refractivity contribution in [2.75, 3.05) is 19.0 Å². The molecule has 2 aliphatic heterocycles. The van der Waals surface area contributed by atoms with Crippen LogP contribution in [0.2, 0.25) is 0 Å². The Balaban J connectivity index is 1.39. The van der Waals surface area contributed by atoms with Crippen LogP contribution in [0, 0.1) is 0 Å². The van der Waals surface area contributed by atoms with Crippen molar-refractivity contribution >= 4 is 17.8 Å². The number of anilines is 1. The first-order valence-electron chi connectivity index (χ1n) is 12.5. The first-order valence-corrected chi connectivity index (χ1v) is 12.5. The number of hydrogen-bond acceptors (Lipinski definition) is 7. The third-order valence-electron chi connectivity index (χ3n) is 6.89. The number of carbonyl (C=O) groups excluding carboxylic acids is 2. The maximum absolute atomic E-state index is 13.4. The van der Waals surface area contributed by atoms with Crippen LogP contribution in [0.25, 0.3) is 11.5 Å². The third-order valence-corrected chi connectivity index (χ3v) is 6.89. The molecule has 3 aromatic rings. The topological polar surface area (TPSA) is 111 Å². The summed E-state index contributed by atoms with van der Waals surface area (Å²) in [6.45, 7) is 8.88. The molecule has 0 radical (unpaired) electrons. The van der Waals surface area contributed by atoms with Crippen molar-refractivity contribution in [3.05, 3.63) is 52.8 Å². The first kappa shape index (κ1) is 24.7. The lowest BCUT2D eigenvalue weighted by Gasteiger charge is -2.29. The van der Waals surface area contributed by atoms with E-state index in [-0.39, 0.29) is 23.6 Å². The number of methoxy groups -OCH3 is 1. The van der Waals surface area contributed by atoms with Gasteiger partial charge in [-0.05, 0) is 75.9 Å². The molecular weight excluding hydrogens is 472 g/mol. The van der Waals surface area contributed by atoms with Crippen LogP contribution in [-0.2, 0) is 29.7 Å². The van der Waals surface area contributed by atoms with Gasteiger partial charge in [0.2, 0.25) is 0 Å². The summed E-state index contributed by atoms with van der Waals surface area (Å²) in [5.41, 5.74) is 2.85. The standard InChI is InChI=1S/C27H32N6O4/c1-16(2)37-26(35)32-12-10-17-14-21(36-5)19(13-18(17)15-32)25(34)29-22-8-6-7-20(28-22)24-31-30-23-9-11-27(3,4)33(23)24/h6-8,13-14,16H,9-12,15H2,1-5H3,(H,28,29,34). The zero-order chi connectivity index (χ0) is 26.3. The minimum atomic E-state index is -0.355. The average Bonchev–Trinajstić information content (AvgIpc) is 3.43. The minimum absolute atomic E-state index is 0.0962. The van der Waals surface area contributed by atoms with Crippen LogP contribution in [0.1, 0.15) is 61.4 Å². The van der Waals surface area contributed by atoms with Crippen LogP contribution in [0.15, 0.2) is 30.3 Å². The van der Waals surface area contributed by atoms with Gasteiger partial charge in [0, 0.05) is 25.0 Å². The Hall–Kier alpha value is -3.95. The fourth-order valence-electron chi connectivity index (χ4n) is 4.99. The number of carbonyl (C=O) groups is 2. The fraction of sp³-hybridized carbons (Fsp3) is 0.444. The van der Waals surface area contributed by atoms with Crippen molar-refractivity contribution in [2.24, 2.45) is 0 Å². The van der Waals surface area contributed by atoms with Crippen molar-refractivity contribution in [1.82, 2.24) is 24.6 Å². The van der Waals surface area contributed by atoms with Gasteiger partial charge in [0.05, 0.1) is 18.8 Å². The van der Waals surface area contributed by atoms with Crippen molar-refractivity contribution in [3.8, 4) is 17.3 Å². The number of nitrogens with zero attached hydrogens (tertiary/aromatic N) is 5. The van der Waals surface area contributed by atoms with Gasteiger partial charge in [-0.15, -0.1) is 10.2 Å². The molecule has 0 atom stereocenters.